The average molecular weight is 288 g/mol. The number of aromatic nitrogens is 2. The predicted octanol–water partition coefficient (Wildman–Crippen LogP) is 2.51. The van der Waals surface area contributed by atoms with Crippen molar-refractivity contribution in [2.45, 2.75) is 0 Å². The molecule has 0 radical (unpaired) electrons. The van der Waals surface area contributed by atoms with Crippen molar-refractivity contribution in [2.24, 2.45) is 5.73 Å². The first-order valence-electron chi connectivity index (χ1n) is 6.63. The lowest BCUT2D eigenvalue weighted by atomic mass is 10.1. The standard InChI is InChI=1S/C17H12N4O/c18-9-14-10-21(11-15(14)12-4-2-1-3-5-12)16-8-13(17(19)22)6-7-20-16/h1-8,10-11H,(H2,19,22). The van der Waals surface area contributed by atoms with E-state index < -0.39 is 5.91 Å². The zero-order valence-corrected chi connectivity index (χ0v) is 11.6. The molecule has 0 atom stereocenters. The number of rotatable bonds is 3. The molecule has 5 nitrogen and oxygen atoms in total. The Kier molecular flexibility index (Phi) is 3.42. The molecule has 2 heterocycles. The number of nitrogens with zero attached hydrogens (tertiary/aromatic N) is 3. The Balaban J connectivity index is 2.11. The number of nitriles is 1. The molecule has 0 saturated heterocycles. The van der Waals surface area contributed by atoms with E-state index in [1.807, 2.05) is 36.5 Å². The molecule has 2 aromatic heterocycles. The van der Waals surface area contributed by atoms with Crippen molar-refractivity contribution >= 4 is 5.91 Å². The number of benzene rings is 1. The molecule has 1 amide bonds. The summed E-state index contributed by atoms with van der Waals surface area (Å²) in [6, 6.07) is 15.0. The Morgan fingerprint density at radius 3 is 2.64 bits per heavy atom. The Morgan fingerprint density at radius 2 is 1.95 bits per heavy atom. The second kappa shape index (κ2) is 5.54. The van der Waals surface area contributed by atoms with Gasteiger partial charge in [-0.1, -0.05) is 30.3 Å². The molecule has 0 spiro atoms. The predicted molar refractivity (Wildman–Crippen MR) is 82.2 cm³/mol. The van der Waals surface area contributed by atoms with E-state index in [1.165, 1.54) is 6.20 Å². The second-order valence-corrected chi connectivity index (χ2v) is 4.74. The van der Waals surface area contributed by atoms with Crippen LogP contribution >= 0.6 is 0 Å². The first kappa shape index (κ1) is 13.6. The molecule has 0 fully saturated rings. The number of pyridine rings is 1. The van der Waals surface area contributed by atoms with Crippen molar-refractivity contribution in [3.05, 3.63) is 72.2 Å². The molecule has 0 aliphatic heterocycles. The summed E-state index contributed by atoms with van der Waals surface area (Å²) in [5, 5.41) is 9.32. The highest BCUT2D eigenvalue weighted by molar-refractivity contribution is 5.93. The maximum Gasteiger partial charge on any atom is 0.248 e. The lowest BCUT2D eigenvalue weighted by Gasteiger charge is -2.03. The van der Waals surface area contributed by atoms with Crippen LogP contribution in [0.2, 0.25) is 0 Å². The van der Waals surface area contributed by atoms with Crippen LogP contribution in [0.25, 0.3) is 16.9 Å². The fourth-order valence-electron chi connectivity index (χ4n) is 2.24. The maximum atomic E-state index is 11.3. The molecule has 5 heteroatoms. The minimum atomic E-state index is -0.514. The molecule has 3 rings (SSSR count). The summed E-state index contributed by atoms with van der Waals surface area (Å²) >= 11 is 0. The minimum absolute atomic E-state index is 0.374. The monoisotopic (exact) mass is 288 g/mol. The zero-order chi connectivity index (χ0) is 15.5. The van der Waals surface area contributed by atoms with Crippen LogP contribution in [0, 0.1) is 11.3 Å². The van der Waals surface area contributed by atoms with Crippen molar-refractivity contribution in [3.63, 3.8) is 0 Å². The molecule has 3 aromatic rings. The number of hydrogen-bond acceptors (Lipinski definition) is 3. The van der Waals surface area contributed by atoms with Gasteiger partial charge in [-0.25, -0.2) is 4.98 Å². The van der Waals surface area contributed by atoms with Crippen molar-refractivity contribution in [3.8, 4) is 23.0 Å². The smallest absolute Gasteiger partial charge is 0.248 e. The second-order valence-electron chi connectivity index (χ2n) is 4.74. The largest absolute Gasteiger partial charge is 0.366 e. The van der Waals surface area contributed by atoms with Crippen LogP contribution in [0.15, 0.2) is 61.1 Å². The number of hydrogen-bond donors (Lipinski definition) is 1. The van der Waals surface area contributed by atoms with Crippen molar-refractivity contribution in [1.29, 1.82) is 5.26 Å². The van der Waals surface area contributed by atoms with Gasteiger partial charge in [0.1, 0.15) is 11.9 Å². The average Bonchev–Trinajstić information content (AvgIpc) is 3.00. The van der Waals surface area contributed by atoms with Gasteiger partial charge in [-0.15, -0.1) is 0 Å². The molecular formula is C17H12N4O. The highest BCUT2D eigenvalue weighted by Gasteiger charge is 2.11. The van der Waals surface area contributed by atoms with Crippen LogP contribution in [0.1, 0.15) is 15.9 Å². The van der Waals surface area contributed by atoms with Crippen molar-refractivity contribution < 1.29 is 4.79 Å². The lowest BCUT2D eigenvalue weighted by Crippen LogP contribution is -2.11. The Morgan fingerprint density at radius 1 is 1.18 bits per heavy atom. The van der Waals surface area contributed by atoms with E-state index >= 15 is 0 Å². The normalized spacial score (nSPS) is 10.1. The van der Waals surface area contributed by atoms with Gasteiger partial charge in [0.25, 0.3) is 0 Å². The van der Waals surface area contributed by atoms with E-state index in [0.29, 0.717) is 16.9 Å². The van der Waals surface area contributed by atoms with E-state index in [1.54, 1.807) is 22.9 Å². The Hall–Kier alpha value is -3.39. The summed E-state index contributed by atoms with van der Waals surface area (Å²) in [7, 11) is 0. The van der Waals surface area contributed by atoms with Gasteiger partial charge in [0.15, 0.2) is 0 Å². The fraction of sp³-hybridized carbons (Fsp3) is 0. The molecule has 0 bridgehead atoms. The SMILES string of the molecule is N#Cc1cn(-c2cc(C(N)=O)ccn2)cc1-c1ccccc1. The van der Waals surface area contributed by atoms with Crippen LogP contribution in [-0.4, -0.2) is 15.5 Å². The fourth-order valence-corrected chi connectivity index (χ4v) is 2.24. The van der Waals surface area contributed by atoms with Gasteiger partial charge in [-0.2, -0.15) is 5.26 Å². The Labute approximate surface area is 127 Å². The maximum absolute atomic E-state index is 11.3. The third kappa shape index (κ3) is 2.45. The van der Waals surface area contributed by atoms with Gasteiger partial charge >= 0.3 is 0 Å². The minimum Gasteiger partial charge on any atom is -0.366 e. The third-order valence-corrected chi connectivity index (χ3v) is 3.33. The highest BCUT2D eigenvalue weighted by atomic mass is 16.1. The molecule has 0 saturated carbocycles. The van der Waals surface area contributed by atoms with Gasteiger partial charge in [-0.3, -0.25) is 4.79 Å². The van der Waals surface area contributed by atoms with E-state index in [9.17, 15) is 10.1 Å². The van der Waals surface area contributed by atoms with Crippen LogP contribution in [0.4, 0.5) is 0 Å². The van der Waals surface area contributed by atoms with Gasteiger partial charge in [0.05, 0.1) is 5.56 Å². The van der Waals surface area contributed by atoms with Gasteiger partial charge in [0.2, 0.25) is 5.91 Å². The first-order chi connectivity index (χ1) is 10.7. The van der Waals surface area contributed by atoms with E-state index in [-0.39, 0.29) is 0 Å². The molecule has 0 aliphatic carbocycles. The van der Waals surface area contributed by atoms with Gasteiger partial charge in [-0.05, 0) is 17.7 Å². The number of carbonyl (C=O) groups is 1. The zero-order valence-electron chi connectivity index (χ0n) is 11.6. The first-order valence-corrected chi connectivity index (χ1v) is 6.63. The summed E-state index contributed by atoms with van der Waals surface area (Å²) in [5.74, 6) is 0.0228. The summed E-state index contributed by atoms with van der Waals surface area (Å²) in [4.78, 5) is 15.5. The van der Waals surface area contributed by atoms with Crippen molar-refractivity contribution in [1.82, 2.24) is 9.55 Å². The number of nitrogens with two attached hydrogens (primary N) is 1. The van der Waals surface area contributed by atoms with Crippen LogP contribution in [-0.2, 0) is 0 Å². The molecule has 1 aromatic carbocycles. The molecular weight excluding hydrogens is 276 g/mol. The van der Waals surface area contributed by atoms with Gasteiger partial charge in [0, 0.05) is 29.7 Å². The molecule has 0 unspecified atom stereocenters. The van der Waals surface area contributed by atoms with E-state index in [2.05, 4.69) is 11.1 Å². The molecule has 22 heavy (non-hydrogen) atoms. The topological polar surface area (TPSA) is 84.7 Å². The lowest BCUT2D eigenvalue weighted by molar-refractivity contribution is 0.1000. The highest BCUT2D eigenvalue weighted by Crippen LogP contribution is 2.25. The van der Waals surface area contributed by atoms with Crippen LogP contribution in [0.3, 0.4) is 0 Å². The summed E-state index contributed by atoms with van der Waals surface area (Å²) in [6.45, 7) is 0. The summed E-state index contributed by atoms with van der Waals surface area (Å²) in [6.07, 6.45) is 5.03. The summed E-state index contributed by atoms with van der Waals surface area (Å²) < 4.78 is 1.72. The number of primary amides is 1. The van der Waals surface area contributed by atoms with Gasteiger partial charge < -0.3 is 10.3 Å². The number of carbonyl (C=O) groups excluding carboxylic acids is 1. The van der Waals surface area contributed by atoms with E-state index in [4.69, 9.17) is 5.73 Å². The molecule has 2 N–H and O–H groups in total. The number of amides is 1. The van der Waals surface area contributed by atoms with E-state index in [0.717, 1.165) is 11.1 Å². The van der Waals surface area contributed by atoms with Crippen LogP contribution in [0.5, 0.6) is 0 Å². The van der Waals surface area contributed by atoms with Crippen LogP contribution < -0.4 is 5.73 Å². The quantitative estimate of drug-likeness (QED) is 0.803. The summed E-state index contributed by atoms with van der Waals surface area (Å²) in [5.41, 5.74) is 7.96. The van der Waals surface area contributed by atoms with Crippen molar-refractivity contribution in [2.75, 3.05) is 0 Å². The Bertz CT molecular complexity index is 875. The third-order valence-electron chi connectivity index (χ3n) is 3.33. The molecule has 0 aliphatic rings. The molecule has 106 valence electrons.